The highest BCUT2D eigenvalue weighted by Crippen LogP contribution is 1.99. The molecule has 1 aromatic rings. The maximum atomic E-state index is 5.35. The van der Waals surface area contributed by atoms with E-state index in [1.165, 1.54) is 31.5 Å². The van der Waals surface area contributed by atoms with Crippen molar-refractivity contribution in [3.05, 3.63) is 35.9 Å². The van der Waals surface area contributed by atoms with Crippen LogP contribution < -0.4 is 15.5 Å². The van der Waals surface area contributed by atoms with Crippen molar-refractivity contribution in [1.29, 1.82) is 0 Å². The molecule has 1 aromatic carbocycles. The van der Waals surface area contributed by atoms with E-state index >= 15 is 0 Å². The fourth-order valence-electron chi connectivity index (χ4n) is 2.94. The molecule has 0 saturated carbocycles. The maximum absolute atomic E-state index is 5.35. The van der Waals surface area contributed by atoms with Crippen molar-refractivity contribution in [1.82, 2.24) is 10.6 Å². The maximum Gasteiger partial charge on any atom is 0.166 e. The van der Waals surface area contributed by atoms with Gasteiger partial charge >= 0.3 is 0 Å². The third-order valence-electron chi connectivity index (χ3n) is 4.13. The van der Waals surface area contributed by atoms with Crippen molar-refractivity contribution in [2.75, 3.05) is 26.2 Å². The van der Waals surface area contributed by atoms with Gasteiger partial charge in [-0.25, -0.2) is 0 Å². The van der Waals surface area contributed by atoms with Gasteiger partial charge < -0.3 is 15.5 Å². The van der Waals surface area contributed by atoms with E-state index in [0.29, 0.717) is 0 Å². The van der Waals surface area contributed by atoms with Crippen LogP contribution in [-0.2, 0) is 6.42 Å². The third-order valence-corrected chi connectivity index (χ3v) is 4.42. The van der Waals surface area contributed by atoms with Crippen molar-refractivity contribution in [3.8, 4) is 0 Å². The minimum absolute atomic E-state index is 0.730. The number of benzene rings is 1. The van der Waals surface area contributed by atoms with Crippen LogP contribution in [0.4, 0.5) is 0 Å². The minimum Gasteiger partial charge on any atom is -0.362 e. The Kier molecular flexibility index (Phi) is 6.27. The zero-order chi connectivity index (χ0) is 14.2. The molecule has 1 heterocycles. The van der Waals surface area contributed by atoms with Gasteiger partial charge in [0.05, 0.1) is 19.6 Å². The van der Waals surface area contributed by atoms with Crippen LogP contribution in [0.25, 0.3) is 0 Å². The number of thiocarbonyl (C=S) groups is 1. The highest BCUT2D eigenvalue weighted by Gasteiger charge is 2.26. The normalized spacial score (nSPS) is 21.6. The Labute approximate surface area is 127 Å². The van der Waals surface area contributed by atoms with Crippen LogP contribution in [0.5, 0.6) is 0 Å². The molecular weight excluding hydrogens is 266 g/mol. The van der Waals surface area contributed by atoms with E-state index in [9.17, 15) is 0 Å². The number of quaternary nitrogens is 1. The van der Waals surface area contributed by atoms with Crippen molar-refractivity contribution >= 4 is 17.3 Å². The fourth-order valence-corrected chi connectivity index (χ4v) is 3.12. The number of likely N-dealkylation sites (N-methyl/N-ethyl adjacent to an activating group) is 1. The molecule has 1 saturated heterocycles. The molecule has 0 amide bonds. The van der Waals surface area contributed by atoms with Crippen LogP contribution in [0.15, 0.2) is 30.3 Å². The molecule has 2 atom stereocenters. The lowest BCUT2D eigenvalue weighted by Gasteiger charge is -2.21. The van der Waals surface area contributed by atoms with Gasteiger partial charge in [0.25, 0.3) is 0 Å². The first-order valence-electron chi connectivity index (χ1n) is 7.69. The zero-order valence-corrected chi connectivity index (χ0v) is 13.1. The topological polar surface area (TPSA) is 28.5 Å². The fraction of sp³-hybridized carbons (Fsp3) is 0.562. The quantitative estimate of drug-likeness (QED) is 0.676. The monoisotopic (exact) mass is 292 g/mol. The van der Waals surface area contributed by atoms with Crippen molar-refractivity contribution in [3.63, 3.8) is 0 Å². The number of rotatable bonds is 6. The molecule has 0 aromatic heterocycles. The number of likely N-dealkylation sites (tertiary alicyclic amines) is 1. The van der Waals surface area contributed by atoms with Gasteiger partial charge in [0.15, 0.2) is 5.11 Å². The summed E-state index contributed by atoms with van der Waals surface area (Å²) in [5, 5.41) is 7.47. The molecule has 0 radical (unpaired) electrons. The highest BCUT2D eigenvalue weighted by molar-refractivity contribution is 7.80. The van der Waals surface area contributed by atoms with Gasteiger partial charge in [-0.1, -0.05) is 30.3 Å². The van der Waals surface area contributed by atoms with Crippen LogP contribution in [0.1, 0.15) is 25.3 Å². The molecule has 20 heavy (non-hydrogen) atoms. The Hall–Kier alpha value is -1.13. The predicted molar refractivity (Wildman–Crippen MR) is 88.1 cm³/mol. The minimum atomic E-state index is 0.730. The summed E-state index contributed by atoms with van der Waals surface area (Å²) in [5.41, 5.74) is 1.35. The predicted octanol–water partition coefficient (Wildman–Crippen LogP) is 0.760. The summed E-state index contributed by atoms with van der Waals surface area (Å²) in [6.45, 7) is 6.70. The van der Waals surface area contributed by atoms with Gasteiger partial charge in [0.1, 0.15) is 6.04 Å². The van der Waals surface area contributed by atoms with E-state index in [1.54, 1.807) is 4.90 Å². The molecule has 0 bridgehead atoms. The standard InChI is InChI=1S/C16H25N3S/c1-2-19-12-6-9-15(19)13-18-16(20)17-11-10-14-7-4-3-5-8-14/h3-5,7-8,15H,2,6,9-13H2,1H3,(H2,17,18,20)/p+1/t15-/m0/s1. The largest absolute Gasteiger partial charge is 0.362 e. The lowest BCUT2D eigenvalue weighted by Crippen LogP contribution is -3.14. The number of hydrogen-bond donors (Lipinski definition) is 3. The van der Waals surface area contributed by atoms with Crippen LogP contribution >= 0.6 is 12.2 Å². The summed E-state index contributed by atoms with van der Waals surface area (Å²) >= 11 is 5.35. The van der Waals surface area contributed by atoms with E-state index in [4.69, 9.17) is 12.2 Å². The van der Waals surface area contributed by atoms with Gasteiger partial charge in [-0.15, -0.1) is 0 Å². The summed E-state index contributed by atoms with van der Waals surface area (Å²) in [5.74, 6) is 0. The van der Waals surface area contributed by atoms with Crippen molar-refractivity contribution in [2.24, 2.45) is 0 Å². The van der Waals surface area contributed by atoms with Crippen molar-refractivity contribution in [2.45, 2.75) is 32.2 Å². The van der Waals surface area contributed by atoms with Gasteiger partial charge in [0, 0.05) is 19.4 Å². The van der Waals surface area contributed by atoms with Gasteiger partial charge in [-0.3, -0.25) is 0 Å². The molecule has 4 heteroatoms. The van der Waals surface area contributed by atoms with E-state index < -0.39 is 0 Å². The van der Waals surface area contributed by atoms with E-state index in [-0.39, 0.29) is 0 Å². The van der Waals surface area contributed by atoms with E-state index in [2.05, 4.69) is 41.8 Å². The second-order valence-electron chi connectivity index (χ2n) is 5.47. The molecule has 0 aliphatic carbocycles. The lowest BCUT2D eigenvalue weighted by atomic mass is 10.1. The van der Waals surface area contributed by atoms with Crippen LogP contribution in [0.2, 0.25) is 0 Å². The molecule has 3 N–H and O–H groups in total. The smallest absolute Gasteiger partial charge is 0.166 e. The first kappa shape index (κ1) is 15.3. The Bertz CT molecular complexity index is 407. The third kappa shape index (κ3) is 4.76. The van der Waals surface area contributed by atoms with Crippen molar-refractivity contribution < 1.29 is 4.90 Å². The molecule has 1 aliphatic rings. The average molecular weight is 292 g/mol. The van der Waals surface area contributed by atoms with Gasteiger partial charge in [-0.05, 0) is 31.1 Å². The molecule has 3 nitrogen and oxygen atoms in total. The summed E-state index contributed by atoms with van der Waals surface area (Å²) < 4.78 is 0. The summed E-state index contributed by atoms with van der Waals surface area (Å²) in [4.78, 5) is 1.71. The van der Waals surface area contributed by atoms with Crippen LogP contribution in [0.3, 0.4) is 0 Å². The summed E-state index contributed by atoms with van der Waals surface area (Å²) in [7, 11) is 0. The highest BCUT2D eigenvalue weighted by atomic mass is 32.1. The first-order chi connectivity index (χ1) is 9.79. The Balaban J connectivity index is 1.61. The van der Waals surface area contributed by atoms with Crippen LogP contribution in [-0.4, -0.2) is 37.3 Å². The summed E-state index contributed by atoms with van der Waals surface area (Å²) in [6.07, 6.45) is 3.69. The van der Waals surface area contributed by atoms with Crippen LogP contribution in [0, 0.1) is 0 Å². The molecule has 2 rings (SSSR count). The SMILES string of the molecule is CC[NH+]1CCC[C@H]1CNC(=S)NCCc1ccccc1. The Morgan fingerprint density at radius 2 is 2.10 bits per heavy atom. The average Bonchev–Trinajstić information content (AvgIpc) is 2.94. The summed E-state index contributed by atoms with van der Waals surface area (Å²) in [6, 6.07) is 11.2. The van der Waals surface area contributed by atoms with E-state index in [1.807, 2.05) is 6.07 Å². The second kappa shape index (κ2) is 8.22. The first-order valence-corrected chi connectivity index (χ1v) is 8.10. The molecule has 1 aliphatic heterocycles. The van der Waals surface area contributed by atoms with E-state index in [0.717, 1.165) is 30.7 Å². The number of nitrogens with one attached hydrogen (secondary N) is 3. The second-order valence-corrected chi connectivity index (χ2v) is 5.88. The molecule has 1 unspecified atom stereocenters. The Morgan fingerprint density at radius 1 is 1.30 bits per heavy atom. The van der Waals surface area contributed by atoms with Gasteiger partial charge in [0.2, 0.25) is 0 Å². The number of hydrogen-bond acceptors (Lipinski definition) is 1. The zero-order valence-electron chi connectivity index (χ0n) is 12.3. The Morgan fingerprint density at radius 3 is 2.85 bits per heavy atom. The molecular formula is C16H26N3S+. The lowest BCUT2D eigenvalue weighted by molar-refractivity contribution is -0.909. The molecule has 110 valence electrons. The molecule has 1 fully saturated rings. The molecule has 0 spiro atoms. The van der Waals surface area contributed by atoms with Gasteiger partial charge in [-0.2, -0.15) is 0 Å².